The van der Waals surface area contributed by atoms with E-state index >= 15 is 0 Å². The minimum Gasteiger partial charge on any atom is -0.330 e. The molecule has 0 unspecified atom stereocenters. The van der Waals surface area contributed by atoms with E-state index in [1.54, 1.807) is 0 Å². The van der Waals surface area contributed by atoms with Gasteiger partial charge in [0.15, 0.2) is 0 Å². The quantitative estimate of drug-likeness (QED) is 0.501. The number of hydrogen-bond donors (Lipinski definition) is 1. The Bertz CT molecular complexity index is 143. The van der Waals surface area contributed by atoms with Crippen molar-refractivity contribution in [3.05, 3.63) is 12.2 Å². The van der Waals surface area contributed by atoms with Gasteiger partial charge in [-0.15, -0.1) is 0 Å². The summed E-state index contributed by atoms with van der Waals surface area (Å²) in [7, 11) is 0. The Morgan fingerprint density at radius 2 is 1.92 bits per heavy atom. The highest BCUT2D eigenvalue weighted by molar-refractivity contribution is 4.90. The van der Waals surface area contributed by atoms with Gasteiger partial charge in [-0.3, -0.25) is 4.90 Å². The average Bonchev–Trinajstić information content (AvgIpc) is 2.19. The van der Waals surface area contributed by atoms with Crippen molar-refractivity contribution in [2.75, 3.05) is 26.2 Å². The van der Waals surface area contributed by atoms with Crippen molar-refractivity contribution in [1.82, 2.24) is 4.90 Å². The van der Waals surface area contributed by atoms with Crippen LogP contribution in [0.3, 0.4) is 0 Å². The van der Waals surface area contributed by atoms with Gasteiger partial charge >= 0.3 is 0 Å². The van der Waals surface area contributed by atoms with E-state index in [0.717, 1.165) is 13.1 Å². The van der Waals surface area contributed by atoms with E-state index in [4.69, 9.17) is 5.73 Å². The van der Waals surface area contributed by atoms with Gasteiger partial charge in [-0.25, -0.2) is 0 Å². The maximum atomic E-state index is 5.43. The molecule has 0 spiro atoms. The Morgan fingerprint density at radius 1 is 1.08 bits per heavy atom. The molecule has 1 rings (SSSR count). The SMILES string of the molecule is NCCCCCCN1CC=CCC1. The van der Waals surface area contributed by atoms with Crippen LogP contribution in [-0.2, 0) is 0 Å². The molecule has 0 aromatic rings. The third kappa shape index (κ3) is 5.06. The first-order valence-electron chi connectivity index (χ1n) is 5.51. The van der Waals surface area contributed by atoms with Crippen LogP contribution in [-0.4, -0.2) is 31.1 Å². The highest BCUT2D eigenvalue weighted by Gasteiger charge is 2.04. The minimum atomic E-state index is 0.854. The molecule has 0 saturated heterocycles. The normalized spacial score (nSPS) is 17.9. The van der Waals surface area contributed by atoms with Crippen LogP contribution in [0.2, 0.25) is 0 Å². The summed E-state index contributed by atoms with van der Waals surface area (Å²) in [5.41, 5.74) is 5.43. The highest BCUT2D eigenvalue weighted by Crippen LogP contribution is 2.05. The van der Waals surface area contributed by atoms with Crippen LogP contribution in [0, 0.1) is 0 Å². The predicted molar refractivity (Wildman–Crippen MR) is 57.7 cm³/mol. The van der Waals surface area contributed by atoms with Crippen LogP contribution >= 0.6 is 0 Å². The first-order valence-corrected chi connectivity index (χ1v) is 5.51. The monoisotopic (exact) mass is 182 g/mol. The van der Waals surface area contributed by atoms with E-state index in [-0.39, 0.29) is 0 Å². The molecule has 2 N–H and O–H groups in total. The first-order chi connectivity index (χ1) is 6.43. The van der Waals surface area contributed by atoms with E-state index in [1.807, 2.05) is 0 Å². The fraction of sp³-hybridized carbons (Fsp3) is 0.818. The first kappa shape index (κ1) is 10.7. The van der Waals surface area contributed by atoms with Gasteiger partial charge in [0.05, 0.1) is 0 Å². The van der Waals surface area contributed by atoms with Crippen molar-refractivity contribution in [1.29, 1.82) is 0 Å². The largest absolute Gasteiger partial charge is 0.330 e. The van der Waals surface area contributed by atoms with Crippen LogP contribution in [0.15, 0.2) is 12.2 Å². The lowest BCUT2D eigenvalue weighted by molar-refractivity contribution is 0.290. The van der Waals surface area contributed by atoms with Crippen LogP contribution < -0.4 is 5.73 Å². The molecule has 1 heterocycles. The molecule has 1 aliphatic heterocycles. The Morgan fingerprint density at radius 3 is 2.62 bits per heavy atom. The second-order valence-corrected chi connectivity index (χ2v) is 3.76. The summed E-state index contributed by atoms with van der Waals surface area (Å²) in [5.74, 6) is 0. The molecule has 0 radical (unpaired) electrons. The standard InChI is InChI=1S/C11H22N2/c12-8-4-1-2-5-9-13-10-6-3-7-11-13/h3,6H,1-2,4-5,7-12H2. The zero-order valence-electron chi connectivity index (χ0n) is 8.54. The number of rotatable bonds is 6. The Balaban J connectivity index is 1.90. The zero-order valence-corrected chi connectivity index (χ0v) is 8.54. The molecule has 0 bridgehead atoms. The maximum Gasteiger partial charge on any atom is 0.0163 e. The molecule has 0 fully saturated rings. The summed E-state index contributed by atoms with van der Waals surface area (Å²) >= 11 is 0. The van der Waals surface area contributed by atoms with Crippen molar-refractivity contribution < 1.29 is 0 Å². The predicted octanol–water partition coefficient (Wildman–Crippen LogP) is 1.77. The lowest BCUT2D eigenvalue weighted by Crippen LogP contribution is -2.28. The van der Waals surface area contributed by atoms with Gasteiger partial charge in [-0.1, -0.05) is 25.0 Å². The van der Waals surface area contributed by atoms with Gasteiger partial charge in [-0.2, -0.15) is 0 Å². The summed E-state index contributed by atoms with van der Waals surface area (Å²) in [6, 6.07) is 0. The molecule has 0 saturated carbocycles. The molecule has 0 aromatic carbocycles. The lowest BCUT2D eigenvalue weighted by Gasteiger charge is -2.22. The van der Waals surface area contributed by atoms with Crippen LogP contribution in [0.25, 0.3) is 0 Å². The second-order valence-electron chi connectivity index (χ2n) is 3.76. The summed E-state index contributed by atoms with van der Waals surface area (Å²) < 4.78 is 0. The molecule has 13 heavy (non-hydrogen) atoms. The summed E-state index contributed by atoms with van der Waals surface area (Å²) in [5, 5.41) is 0. The van der Waals surface area contributed by atoms with Crippen molar-refractivity contribution >= 4 is 0 Å². The molecule has 0 aromatic heterocycles. The summed E-state index contributed by atoms with van der Waals surface area (Å²) in [6.07, 6.45) is 11.0. The average molecular weight is 182 g/mol. The third-order valence-electron chi connectivity index (χ3n) is 2.57. The molecule has 0 atom stereocenters. The molecule has 2 nitrogen and oxygen atoms in total. The third-order valence-corrected chi connectivity index (χ3v) is 2.57. The molecule has 0 aliphatic carbocycles. The van der Waals surface area contributed by atoms with Crippen LogP contribution in [0.5, 0.6) is 0 Å². The van der Waals surface area contributed by atoms with E-state index in [0.29, 0.717) is 0 Å². The topological polar surface area (TPSA) is 29.3 Å². The van der Waals surface area contributed by atoms with E-state index in [9.17, 15) is 0 Å². The Labute approximate surface area is 81.8 Å². The number of unbranched alkanes of at least 4 members (excludes halogenated alkanes) is 3. The lowest BCUT2D eigenvalue weighted by atomic mass is 10.1. The molecule has 76 valence electrons. The van der Waals surface area contributed by atoms with Gasteiger partial charge in [0.1, 0.15) is 0 Å². The Hall–Kier alpha value is -0.340. The number of hydrogen-bond acceptors (Lipinski definition) is 2. The number of nitrogens with two attached hydrogens (primary N) is 1. The van der Waals surface area contributed by atoms with Gasteiger partial charge < -0.3 is 5.73 Å². The summed E-state index contributed by atoms with van der Waals surface area (Å²) in [6.45, 7) is 4.55. The molecule has 2 heteroatoms. The minimum absolute atomic E-state index is 0.854. The van der Waals surface area contributed by atoms with Crippen LogP contribution in [0.1, 0.15) is 32.1 Å². The summed E-state index contributed by atoms with van der Waals surface area (Å²) in [4.78, 5) is 2.53. The zero-order chi connectivity index (χ0) is 9.36. The highest BCUT2D eigenvalue weighted by atomic mass is 15.1. The van der Waals surface area contributed by atoms with Gasteiger partial charge in [0.2, 0.25) is 0 Å². The van der Waals surface area contributed by atoms with Crippen molar-refractivity contribution in [2.24, 2.45) is 5.73 Å². The second kappa shape index (κ2) is 7.10. The van der Waals surface area contributed by atoms with Crippen molar-refractivity contribution in [3.8, 4) is 0 Å². The van der Waals surface area contributed by atoms with Gasteiger partial charge in [-0.05, 0) is 32.4 Å². The fourth-order valence-corrected chi connectivity index (χ4v) is 1.73. The molecule has 1 aliphatic rings. The smallest absolute Gasteiger partial charge is 0.0163 e. The van der Waals surface area contributed by atoms with E-state index in [2.05, 4.69) is 17.1 Å². The molecule has 0 amide bonds. The molecular weight excluding hydrogens is 160 g/mol. The van der Waals surface area contributed by atoms with E-state index < -0.39 is 0 Å². The van der Waals surface area contributed by atoms with E-state index in [1.165, 1.54) is 45.2 Å². The Kier molecular flexibility index (Phi) is 5.87. The van der Waals surface area contributed by atoms with Crippen molar-refractivity contribution in [3.63, 3.8) is 0 Å². The van der Waals surface area contributed by atoms with Crippen LogP contribution in [0.4, 0.5) is 0 Å². The maximum absolute atomic E-state index is 5.43. The van der Waals surface area contributed by atoms with Gasteiger partial charge in [0.25, 0.3) is 0 Å². The fourth-order valence-electron chi connectivity index (χ4n) is 1.73. The molecular formula is C11H22N2. The van der Waals surface area contributed by atoms with Gasteiger partial charge in [0, 0.05) is 13.1 Å². The number of nitrogens with zero attached hydrogens (tertiary/aromatic N) is 1. The van der Waals surface area contributed by atoms with Crippen molar-refractivity contribution in [2.45, 2.75) is 32.1 Å².